The van der Waals surface area contributed by atoms with E-state index in [0.717, 1.165) is 42.4 Å². The van der Waals surface area contributed by atoms with E-state index in [1.165, 1.54) is 0 Å². The van der Waals surface area contributed by atoms with E-state index < -0.39 is 0 Å². The minimum absolute atomic E-state index is 0.0823. The molecule has 2 aromatic heterocycles. The third-order valence-electron chi connectivity index (χ3n) is 5.10. The number of amides is 1. The van der Waals surface area contributed by atoms with Crippen LogP contribution >= 0.6 is 11.8 Å². The highest BCUT2D eigenvalue weighted by molar-refractivity contribution is 8.01. The van der Waals surface area contributed by atoms with Gasteiger partial charge in [-0.15, -0.1) is 11.8 Å². The van der Waals surface area contributed by atoms with Crippen molar-refractivity contribution in [2.24, 2.45) is 0 Å². The average molecular weight is 372 g/mol. The number of aromatic nitrogens is 1. The molecule has 138 valence electrons. The van der Waals surface area contributed by atoms with Crippen LogP contribution in [0, 0.1) is 20.8 Å². The monoisotopic (exact) mass is 372 g/mol. The quantitative estimate of drug-likeness (QED) is 0.822. The topological polar surface area (TPSA) is 55.6 Å². The summed E-state index contributed by atoms with van der Waals surface area (Å²) in [5.41, 5.74) is 2.69. The Labute approximate surface area is 158 Å². The van der Waals surface area contributed by atoms with Crippen molar-refractivity contribution in [1.82, 2.24) is 9.88 Å². The van der Waals surface area contributed by atoms with Gasteiger partial charge >= 0.3 is 0 Å². The summed E-state index contributed by atoms with van der Waals surface area (Å²) in [6.07, 6.45) is 1.23. The molecule has 2 saturated heterocycles. The van der Waals surface area contributed by atoms with Gasteiger partial charge in [0, 0.05) is 24.5 Å². The number of rotatable bonds is 4. The molecule has 0 saturated carbocycles. The fraction of sp³-hybridized carbons (Fsp3) is 0.500. The molecule has 2 fully saturated rings. The van der Waals surface area contributed by atoms with Gasteiger partial charge in [0.25, 0.3) is 5.91 Å². The number of hydrogen-bond acceptors (Lipinski definition) is 5. The van der Waals surface area contributed by atoms with E-state index in [1.54, 1.807) is 0 Å². The van der Waals surface area contributed by atoms with Crippen LogP contribution in [0.2, 0.25) is 0 Å². The van der Waals surface area contributed by atoms with Crippen LogP contribution in [0.15, 0.2) is 28.7 Å². The van der Waals surface area contributed by atoms with Crippen LogP contribution in [-0.2, 0) is 11.3 Å². The zero-order valence-electron chi connectivity index (χ0n) is 15.4. The molecule has 0 N–H and O–H groups in total. The van der Waals surface area contributed by atoms with Crippen molar-refractivity contribution >= 4 is 17.7 Å². The first-order valence-corrected chi connectivity index (χ1v) is 9.97. The van der Waals surface area contributed by atoms with Crippen molar-refractivity contribution in [1.29, 1.82) is 0 Å². The van der Waals surface area contributed by atoms with Crippen molar-refractivity contribution in [3.8, 4) is 0 Å². The lowest BCUT2D eigenvalue weighted by atomic mass is 9.92. The maximum atomic E-state index is 12.6. The molecule has 2 aromatic rings. The van der Waals surface area contributed by atoms with Gasteiger partial charge in [0.2, 0.25) is 0 Å². The molecular formula is C20H24N2O3S. The van der Waals surface area contributed by atoms with Crippen molar-refractivity contribution in [3.05, 3.63) is 52.7 Å². The van der Waals surface area contributed by atoms with Gasteiger partial charge in [-0.1, -0.05) is 6.07 Å². The van der Waals surface area contributed by atoms with E-state index in [4.69, 9.17) is 9.15 Å². The lowest BCUT2D eigenvalue weighted by Crippen LogP contribution is -2.60. The Kier molecular flexibility index (Phi) is 4.57. The fourth-order valence-electron chi connectivity index (χ4n) is 3.82. The summed E-state index contributed by atoms with van der Waals surface area (Å²) in [5.74, 6) is 2.56. The van der Waals surface area contributed by atoms with Crippen molar-refractivity contribution < 1.29 is 13.9 Å². The minimum atomic E-state index is 0.0823. The van der Waals surface area contributed by atoms with Gasteiger partial charge in [-0.3, -0.25) is 9.78 Å². The molecule has 0 bridgehead atoms. The molecule has 4 heterocycles. The smallest absolute Gasteiger partial charge is 0.257 e. The Hall–Kier alpha value is -1.79. The molecule has 1 spiro atoms. The summed E-state index contributed by atoms with van der Waals surface area (Å²) >= 11 is 1.94. The Morgan fingerprint density at radius 3 is 2.88 bits per heavy atom. The van der Waals surface area contributed by atoms with Crippen LogP contribution in [0.1, 0.15) is 39.7 Å². The summed E-state index contributed by atoms with van der Waals surface area (Å²) < 4.78 is 11.7. The molecule has 2 aliphatic rings. The van der Waals surface area contributed by atoms with Crippen LogP contribution in [0.5, 0.6) is 0 Å². The second-order valence-corrected chi connectivity index (χ2v) is 8.88. The highest BCUT2D eigenvalue weighted by Crippen LogP contribution is 2.46. The molecule has 1 amide bonds. The van der Waals surface area contributed by atoms with E-state index in [2.05, 4.69) is 4.98 Å². The predicted molar refractivity (Wildman–Crippen MR) is 101 cm³/mol. The number of thioether (sulfide) groups is 1. The molecule has 5 nitrogen and oxygen atoms in total. The number of likely N-dealkylation sites (tertiary alicyclic amines) is 1. The van der Waals surface area contributed by atoms with Gasteiger partial charge < -0.3 is 14.1 Å². The lowest BCUT2D eigenvalue weighted by molar-refractivity contribution is 0.0244. The first kappa shape index (κ1) is 17.6. The summed E-state index contributed by atoms with van der Waals surface area (Å²) in [4.78, 5) is 19.1. The Balaban J connectivity index is 1.30. The SMILES string of the molecule is Cc1cccc(CO[C@@H]2CSC3(C2)CN(C(=O)c2cc(C)oc2C)C3)n1. The number of carbonyl (C=O) groups is 1. The number of hydrogen-bond donors (Lipinski definition) is 0. The van der Waals surface area contributed by atoms with Crippen LogP contribution < -0.4 is 0 Å². The molecule has 4 rings (SSSR count). The Morgan fingerprint density at radius 1 is 1.38 bits per heavy atom. The number of carbonyl (C=O) groups excluding carboxylic acids is 1. The minimum Gasteiger partial charge on any atom is -0.466 e. The summed E-state index contributed by atoms with van der Waals surface area (Å²) in [5, 5.41) is 0. The van der Waals surface area contributed by atoms with E-state index >= 15 is 0 Å². The Bertz CT molecular complexity index is 826. The largest absolute Gasteiger partial charge is 0.466 e. The van der Waals surface area contributed by atoms with Gasteiger partial charge in [0.05, 0.1) is 28.7 Å². The van der Waals surface area contributed by atoms with E-state index in [9.17, 15) is 4.79 Å². The number of pyridine rings is 1. The highest BCUT2D eigenvalue weighted by atomic mass is 32.2. The first-order chi connectivity index (χ1) is 12.4. The average Bonchev–Trinajstić information content (AvgIpc) is 3.14. The van der Waals surface area contributed by atoms with Crippen LogP contribution in [0.3, 0.4) is 0 Å². The molecule has 0 unspecified atom stereocenters. The second-order valence-electron chi connectivity index (χ2n) is 7.39. The molecule has 0 aliphatic carbocycles. The van der Waals surface area contributed by atoms with Gasteiger partial charge in [-0.05, 0) is 45.4 Å². The summed E-state index contributed by atoms with van der Waals surface area (Å²) in [6, 6.07) is 7.85. The molecule has 0 radical (unpaired) electrons. The predicted octanol–water partition coefficient (Wildman–Crippen LogP) is 3.52. The number of aryl methyl sites for hydroxylation is 3. The van der Waals surface area contributed by atoms with Crippen LogP contribution in [0.25, 0.3) is 0 Å². The van der Waals surface area contributed by atoms with Gasteiger partial charge in [-0.2, -0.15) is 0 Å². The zero-order valence-corrected chi connectivity index (χ0v) is 16.3. The summed E-state index contributed by atoms with van der Waals surface area (Å²) in [7, 11) is 0. The third-order valence-corrected chi connectivity index (χ3v) is 6.68. The number of nitrogens with zero attached hydrogens (tertiary/aromatic N) is 2. The lowest BCUT2D eigenvalue weighted by Gasteiger charge is -2.47. The van der Waals surface area contributed by atoms with Crippen LogP contribution in [0.4, 0.5) is 0 Å². The fourth-order valence-corrected chi connectivity index (χ4v) is 5.37. The second kappa shape index (κ2) is 6.74. The maximum absolute atomic E-state index is 12.6. The standard InChI is InChI=1S/C20H24N2O3S/c1-13-5-4-6-16(21-13)9-24-17-8-20(26-10-17)11-22(12-20)19(23)18-7-14(2)25-15(18)3/h4-7,17H,8-12H2,1-3H3/t17-/m0/s1. The third kappa shape index (κ3) is 3.40. The number of furan rings is 1. The van der Waals surface area contributed by atoms with E-state index in [-0.39, 0.29) is 16.8 Å². The van der Waals surface area contributed by atoms with Crippen molar-refractivity contribution in [2.75, 3.05) is 18.8 Å². The van der Waals surface area contributed by atoms with E-state index in [1.807, 2.05) is 61.7 Å². The number of ether oxygens (including phenoxy) is 1. The maximum Gasteiger partial charge on any atom is 0.257 e. The van der Waals surface area contributed by atoms with Crippen molar-refractivity contribution in [2.45, 2.75) is 44.6 Å². The van der Waals surface area contributed by atoms with E-state index in [0.29, 0.717) is 17.9 Å². The van der Waals surface area contributed by atoms with Gasteiger partial charge in [-0.25, -0.2) is 0 Å². The van der Waals surface area contributed by atoms with Crippen molar-refractivity contribution in [3.63, 3.8) is 0 Å². The normalized spacial score (nSPS) is 21.2. The molecule has 2 aliphatic heterocycles. The molecule has 6 heteroatoms. The molecular weight excluding hydrogens is 348 g/mol. The molecule has 1 atom stereocenters. The molecule has 26 heavy (non-hydrogen) atoms. The Morgan fingerprint density at radius 2 is 2.19 bits per heavy atom. The zero-order chi connectivity index (χ0) is 18.3. The van der Waals surface area contributed by atoms with Crippen LogP contribution in [-0.4, -0.2) is 45.5 Å². The van der Waals surface area contributed by atoms with Gasteiger partial charge in [0.15, 0.2) is 0 Å². The highest BCUT2D eigenvalue weighted by Gasteiger charge is 2.51. The van der Waals surface area contributed by atoms with Gasteiger partial charge in [0.1, 0.15) is 11.5 Å². The first-order valence-electron chi connectivity index (χ1n) is 8.98. The molecule has 0 aromatic carbocycles. The summed E-state index contributed by atoms with van der Waals surface area (Å²) in [6.45, 7) is 7.86.